The summed E-state index contributed by atoms with van der Waals surface area (Å²) < 4.78 is 42.4. The van der Waals surface area contributed by atoms with Crippen molar-refractivity contribution in [3.05, 3.63) is 0 Å². The van der Waals surface area contributed by atoms with Gasteiger partial charge in [0.1, 0.15) is 0 Å². The van der Waals surface area contributed by atoms with E-state index in [0.717, 1.165) is 31.1 Å². The van der Waals surface area contributed by atoms with Crippen LogP contribution in [0.15, 0.2) is 0 Å². The van der Waals surface area contributed by atoms with Gasteiger partial charge < -0.3 is 9.84 Å². The minimum absolute atomic E-state index is 0.307. The van der Waals surface area contributed by atoms with Crippen LogP contribution < -0.4 is 0 Å². The van der Waals surface area contributed by atoms with Crippen LogP contribution in [0, 0.1) is 29.6 Å². The predicted octanol–water partition coefficient (Wildman–Crippen LogP) is 3.63. The van der Waals surface area contributed by atoms with Crippen LogP contribution in [-0.2, 0) is 4.74 Å². The minimum Gasteiger partial charge on any atom is -0.379 e. The molecule has 0 spiro atoms. The Morgan fingerprint density at radius 3 is 2.30 bits per heavy atom. The Labute approximate surface area is 118 Å². The predicted molar refractivity (Wildman–Crippen MR) is 70.1 cm³/mol. The molecular formula is C15H25F3O2. The lowest BCUT2D eigenvalue weighted by Gasteiger charge is -2.32. The molecule has 2 fully saturated rings. The molecule has 0 aromatic heterocycles. The van der Waals surface area contributed by atoms with Gasteiger partial charge in [-0.05, 0) is 55.8 Å². The number of rotatable bonds is 5. The van der Waals surface area contributed by atoms with Crippen LogP contribution in [0.2, 0.25) is 0 Å². The summed E-state index contributed by atoms with van der Waals surface area (Å²) in [5.41, 5.74) is -2.75. The van der Waals surface area contributed by atoms with Crippen LogP contribution >= 0.6 is 0 Å². The molecular weight excluding hydrogens is 269 g/mol. The highest BCUT2D eigenvalue weighted by Gasteiger charge is 2.50. The summed E-state index contributed by atoms with van der Waals surface area (Å²) in [5.74, 6) is 3.59. The van der Waals surface area contributed by atoms with Crippen LogP contribution in [0.1, 0.15) is 40.0 Å². The van der Waals surface area contributed by atoms with Crippen molar-refractivity contribution >= 4 is 0 Å². The van der Waals surface area contributed by atoms with Gasteiger partial charge in [0.15, 0.2) is 5.60 Å². The first-order valence-corrected chi connectivity index (χ1v) is 7.50. The maximum Gasteiger partial charge on any atom is 0.419 e. The van der Waals surface area contributed by atoms with Crippen molar-refractivity contribution in [1.82, 2.24) is 0 Å². The van der Waals surface area contributed by atoms with E-state index in [9.17, 15) is 18.3 Å². The van der Waals surface area contributed by atoms with E-state index >= 15 is 0 Å². The van der Waals surface area contributed by atoms with Gasteiger partial charge in [0.05, 0.1) is 6.61 Å². The third-order valence-corrected chi connectivity index (χ3v) is 5.66. The van der Waals surface area contributed by atoms with Crippen molar-refractivity contribution in [3.63, 3.8) is 0 Å². The first kappa shape index (κ1) is 16.1. The molecule has 2 nitrogen and oxygen atoms in total. The average molecular weight is 294 g/mol. The number of hydrogen-bond donors (Lipinski definition) is 1. The standard InChI is InChI=1S/C15H25F3O2/c1-9-10(2)13-7-12(9)6-11(13)4-5-20-8-14(3,19)15(16,17)18/h9-13,19H,4-8H2,1-3H3. The Morgan fingerprint density at radius 2 is 1.80 bits per heavy atom. The molecule has 0 aromatic carbocycles. The molecule has 0 heterocycles. The highest BCUT2D eigenvalue weighted by Crippen LogP contribution is 2.55. The summed E-state index contributed by atoms with van der Waals surface area (Å²) in [6.07, 6.45) is -1.36. The molecule has 0 saturated heterocycles. The lowest BCUT2D eigenvalue weighted by atomic mass is 9.75. The second-order valence-electron chi connectivity index (χ2n) is 6.99. The normalized spacial score (nSPS) is 40.0. The number of halogens is 3. The zero-order valence-corrected chi connectivity index (χ0v) is 12.4. The van der Waals surface area contributed by atoms with E-state index in [1.54, 1.807) is 0 Å². The van der Waals surface area contributed by atoms with Gasteiger partial charge >= 0.3 is 6.18 Å². The largest absolute Gasteiger partial charge is 0.419 e. The van der Waals surface area contributed by atoms with E-state index in [1.165, 1.54) is 12.8 Å². The van der Waals surface area contributed by atoms with Gasteiger partial charge in [-0.25, -0.2) is 0 Å². The molecule has 0 amide bonds. The second kappa shape index (κ2) is 5.48. The molecule has 20 heavy (non-hydrogen) atoms. The number of hydrogen-bond acceptors (Lipinski definition) is 2. The third kappa shape index (κ3) is 2.98. The van der Waals surface area contributed by atoms with Gasteiger partial charge in [0, 0.05) is 6.61 Å². The molecule has 1 N–H and O–H groups in total. The zero-order chi connectivity index (χ0) is 15.1. The molecule has 2 saturated carbocycles. The molecule has 2 aliphatic rings. The topological polar surface area (TPSA) is 29.5 Å². The summed E-state index contributed by atoms with van der Waals surface area (Å²) >= 11 is 0. The van der Waals surface area contributed by atoms with E-state index in [0.29, 0.717) is 18.4 Å². The average Bonchev–Trinajstić information content (AvgIpc) is 2.85. The summed E-state index contributed by atoms with van der Waals surface area (Å²) in [6.45, 7) is 4.98. The fraction of sp³-hybridized carbons (Fsp3) is 1.00. The fourth-order valence-electron chi connectivity index (χ4n) is 4.01. The third-order valence-electron chi connectivity index (χ3n) is 5.66. The summed E-state index contributed by atoms with van der Waals surface area (Å²) in [4.78, 5) is 0. The first-order valence-electron chi connectivity index (χ1n) is 7.50. The Morgan fingerprint density at radius 1 is 1.15 bits per heavy atom. The van der Waals surface area contributed by atoms with Gasteiger partial charge in [-0.1, -0.05) is 13.8 Å². The van der Waals surface area contributed by atoms with E-state index in [1.807, 2.05) is 0 Å². The monoisotopic (exact) mass is 294 g/mol. The number of aliphatic hydroxyl groups is 1. The fourth-order valence-corrected chi connectivity index (χ4v) is 4.01. The SMILES string of the molecule is CC1C2CC(CCOCC(C)(O)C(F)(F)F)C(C2)C1C. The van der Waals surface area contributed by atoms with E-state index in [4.69, 9.17) is 4.74 Å². The quantitative estimate of drug-likeness (QED) is 0.785. The zero-order valence-electron chi connectivity index (χ0n) is 12.4. The molecule has 2 bridgehead atoms. The highest BCUT2D eigenvalue weighted by atomic mass is 19.4. The molecule has 6 unspecified atom stereocenters. The van der Waals surface area contributed by atoms with Gasteiger partial charge in [0.2, 0.25) is 0 Å². The molecule has 118 valence electrons. The molecule has 2 rings (SSSR count). The Kier molecular flexibility index (Phi) is 4.41. The van der Waals surface area contributed by atoms with Gasteiger partial charge in [-0.3, -0.25) is 0 Å². The molecule has 6 atom stereocenters. The van der Waals surface area contributed by atoms with Crippen LogP contribution in [0.5, 0.6) is 0 Å². The molecule has 0 radical (unpaired) electrons. The van der Waals surface area contributed by atoms with Crippen molar-refractivity contribution in [2.75, 3.05) is 13.2 Å². The second-order valence-corrected chi connectivity index (χ2v) is 6.99. The summed E-state index contributed by atoms with van der Waals surface area (Å²) in [6, 6.07) is 0. The number of ether oxygens (including phenoxy) is 1. The van der Waals surface area contributed by atoms with Crippen LogP contribution in [0.25, 0.3) is 0 Å². The molecule has 0 aromatic rings. The van der Waals surface area contributed by atoms with Crippen molar-refractivity contribution in [3.8, 4) is 0 Å². The summed E-state index contributed by atoms with van der Waals surface area (Å²) in [7, 11) is 0. The first-order chi connectivity index (χ1) is 9.13. The molecule has 2 aliphatic carbocycles. The van der Waals surface area contributed by atoms with Crippen LogP contribution in [-0.4, -0.2) is 30.1 Å². The van der Waals surface area contributed by atoms with Crippen molar-refractivity contribution in [2.24, 2.45) is 29.6 Å². The van der Waals surface area contributed by atoms with Gasteiger partial charge in [-0.15, -0.1) is 0 Å². The maximum absolute atomic E-state index is 12.4. The maximum atomic E-state index is 12.4. The van der Waals surface area contributed by atoms with Gasteiger partial charge in [0.25, 0.3) is 0 Å². The van der Waals surface area contributed by atoms with Gasteiger partial charge in [-0.2, -0.15) is 13.2 Å². The highest BCUT2D eigenvalue weighted by molar-refractivity contribution is 4.97. The van der Waals surface area contributed by atoms with Crippen molar-refractivity contribution in [2.45, 2.75) is 51.8 Å². The molecule has 0 aliphatic heterocycles. The lowest BCUT2D eigenvalue weighted by Crippen LogP contribution is -2.46. The Hall–Kier alpha value is -0.290. The van der Waals surface area contributed by atoms with Crippen LogP contribution in [0.3, 0.4) is 0 Å². The Bertz CT molecular complexity index is 339. The summed E-state index contributed by atoms with van der Waals surface area (Å²) in [5, 5.41) is 9.27. The van der Waals surface area contributed by atoms with E-state index in [-0.39, 0.29) is 0 Å². The Balaban J connectivity index is 1.71. The van der Waals surface area contributed by atoms with E-state index in [2.05, 4.69) is 13.8 Å². The number of alkyl halides is 3. The van der Waals surface area contributed by atoms with Crippen molar-refractivity contribution < 1.29 is 23.0 Å². The molecule has 5 heteroatoms. The van der Waals surface area contributed by atoms with Crippen LogP contribution in [0.4, 0.5) is 13.2 Å². The number of fused-ring (bicyclic) bond motifs is 2. The minimum atomic E-state index is -4.64. The van der Waals surface area contributed by atoms with E-state index < -0.39 is 18.4 Å². The smallest absolute Gasteiger partial charge is 0.379 e. The van der Waals surface area contributed by atoms with Crippen molar-refractivity contribution in [1.29, 1.82) is 0 Å². The lowest BCUT2D eigenvalue weighted by molar-refractivity contribution is -0.267.